The predicted octanol–water partition coefficient (Wildman–Crippen LogP) is 0.586. The van der Waals surface area contributed by atoms with Crippen LogP contribution in [-0.2, 0) is 25.2 Å². The van der Waals surface area contributed by atoms with Gasteiger partial charge in [0.05, 0.1) is 25.5 Å². The van der Waals surface area contributed by atoms with E-state index in [1.165, 1.54) is 7.11 Å². The smallest absolute Gasteiger partial charge is 0.395 e. The van der Waals surface area contributed by atoms with Gasteiger partial charge in [-0.2, -0.15) is 21.6 Å². The molecule has 0 unspecified atom stereocenters. The van der Waals surface area contributed by atoms with E-state index in [0.29, 0.717) is 0 Å². The molecule has 8 nitrogen and oxygen atoms in total. The number of hydrogen-bond acceptors (Lipinski definition) is 8. The monoisotopic (exact) mass is 372 g/mol. The highest BCUT2D eigenvalue weighted by Gasteiger charge is 2.49. The van der Waals surface area contributed by atoms with Crippen molar-refractivity contribution in [3.05, 3.63) is 17.8 Å². The van der Waals surface area contributed by atoms with Crippen LogP contribution in [0.3, 0.4) is 0 Å². The molecule has 0 radical (unpaired) electrons. The van der Waals surface area contributed by atoms with Gasteiger partial charge in [-0.25, -0.2) is 4.98 Å². The quantitative estimate of drug-likeness (QED) is 0.529. The van der Waals surface area contributed by atoms with Crippen molar-refractivity contribution in [3.63, 3.8) is 0 Å². The Balaban J connectivity index is 2.40. The molecule has 136 valence electrons. The molecule has 1 aliphatic heterocycles. The summed E-state index contributed by atoms with van der Waals surface area (Å²) in [5.74, 6) is -0.557. The maximum atomic E-state index is 12.5. The summed E-state index contributed by atoms with van der Waals surface area (Å²) in [7, 11) is -4.46. The van der Waals surface area contributed by atoms with E-state index in [1.807, 2.05) is 0 Å². The molecule has 0 bridgehead atoms. The Morgan fingerprint density at radius 3 is 2.54 bits per heavy atom. The summed E-state index contributed by atoms with van der Waals surface area (Å²) < 4.78 is 74.2. The van der Waals surface area contributed by atoms with E-state index in [9.17, 15) is 21.6 Å². The van der Waals surface area contributed by atoms with Crippen LogP contribution in [0.15, 0.2) is 12.1 Å². The molecular weight excluding hydrogens is 357 g/mol. The van der Waals surface area contributed by atoms with Crippen LogP contribution in [0.1, 0.15) is 5.69 Å². The van der Waals surface area contributed by atoms with Crippen LogP contribution in [0.4, 0.5) is 19.0 Å². The van der Waals surface area contributed by atoms with Gasteiger partial charge in [0, 0.05) is 25.8 Å². The number of hydrogen-bond donors (Lipinski definition) is 2. The minimum atomic E-state index is -5.82. The van der Waals surface area contributed by atoms with Crippen molar-refractivity contribution in [2.45, 2.75) is 11.1 Å². The van der Waals surface area contributed by atoms with Gasteiger partial charge in [-0.05, 0) is 0 Å². The highest BCUT2D eigenvalue weighted by molar-refractivity contribution is 7.88. The third-order valence-corrected chi connectivity index (χ3v) is 4.21. The first-order valence-electron chi connectivity index (χ1n) is 6.64. The number of aliphatic hydroxyl groups is 1. The summed E-state index contributed by atoms with van der Waals surface area (Å²) in [6, 6.07) is 2.02. The predicted molar refractivity (Wildman–Crippen MR) is 74.9 cm³/mol. The van der Waals surface area contributed by atoms with Crippen molar-refractivity contribution >= 4 is 15.9 Å². The van der Waals surface area contributed by atoms with Crippen LogP contribution in [0, 0.1) is 0 Å². The van der Waals surface area contributed by atoms with Crippen molar-refractivity contribution in [1.82, 2.24) is 4.98 Å². The number of aromatic nitrogens is 1. The van der Waals surface area contributed by atoms with E-state index < -0.39 is 27.0 Å². The molecule has 1 aliphatic rings. The van der Waals surface area contributed by atoms with Gasteiger partial charge in [0.2, 0.25) is 0 Å². The molecule has 1 fully saturated rings. The third-order valence-electron chi connectivity index (χ3n) is 3.23. The van der Waals surface area contributed by atoms with Gasteiger partial charge in [-0.1, -0.05) is 0 Å². The fraction of sp³-hybridized carbons (Fsp3) is 0.583. The zero-order chi connectivity index (χ0) is 18.0. The molecule has 1 aromatic heterocycles. The van der Waals surface area contributed by atoms with Gasteiger partial charge in [0.15, 0.2) is 5.60 Å². The molecule has 0 saturated carbocycles. The third kappa shape index (κ3) is 3.71. The average Bonchev–Trinajstić information content (AvgIpc) is 2.42. The van der Waals surface area contributed by atoms with Crippen LogP contribution >= 0.6 is 0 Å². The van der Waals surface area contributed by atoms with E-state index in [0.717, 1.165) is 12.1 Å². The molecule has 2 heterocycles. The Morgan fingerprint density at radius 2 is 2.08 bits per heavy atom. The van der Waals surface area contributed by atoms with Crippen molar-refractivity contribution in [2.24, 2.45) is 0 Å². The van der Waals surface area contributed by atoms with Crippen LogP contribution in [-0.4, -0.2) is 57.5 Å². The average molecular weight is 372 g/mol. The highest BCUT2D eigenvalue weighted by Crippen LogP contribution is 2.36. The van der Waals surface area contributed by atoms with Crippen LogP contribution < -0.4 is 9.50 Å². The summed E-state index contributed by atoms with van der Waals surface area (Å²) >= 11 is 0. The normalized spacial score (nSPS) is 17.2. The van der Waals surface area contributed by atoms with Gasteiger partial charge in [0.25, 0.3) is 0 Å². The van der Waals surface area contributed by atoms with Gasteiger partial charge in [0.1, 0.15) is 11.6 Å². The fourth-order valence-corrected chi connectivity index (χ4v) is 2.34. The molecule has 0 aromatic carbocycles. The SMILES string of the molecule is COC1(c2cc(OS(=O)(=O)C(F)(F)F)cc(NCCO)n2)COC1. The topological polar surface area (TPSA) is 107 Å². The van der Waals surface area contributed by atoms with Crippen LogP contribution in [0.2, 0.25) is 0 Å². The van der Waals surface area contributed by atoms with E-state index in [1.54, 1.807) is 0 Å². The van der Waals surface area contributed by atoms with Crippen LogP contribution in [0.25, 0.3) is 0 Å². The van der Waals surface area contributed by atoms with E-state index in [-0.39, 0.29) is 37.9 Å². The molecule has 0 amide bonds. The Morgan fingerprint density at radius 1 is 1.42 bits per heavy atom. The van der Waals surface area contributed by atoms with Crippen molar-refractivity contribution in [1.29, 1.82) is 0 Å². The first-order valence-corrected chi connectivity index (χ1v) is 8.05. The lowest BCUT2D eigenvalue weighted by atomic mass is 9.96. The summed E-state index contributed by atoms with van der Waals surface area (Å²) in [6.07, 6.45) is 0. The van der Waals surface area contributed by atoms with E-state index >= 15 is 0 Å². The first kappa shape index (κ1) is 18.7. The summed E-state index contributed by atoms with van der Waals surface area (Å²) in [6.45, 7) is -0.00327. The molecular formula is C12H15F3N2O6S. The number of methoxy groups -OCH3 is 1. The molecule has 24 heavy (non-hydrogen) atoms. The molecule has 2 N–H and O–H groups in total. The molecule has 0 aliphatic carbocycles. The van der Waals surface area contributed by atoms with Gasteiger partial charge < -0.3 is 24.1 Å². The lowest BCUT2D eigenvalue weighted by Gasteiger charge is -2.39. The molecule has 0 atom stereocenters. The molecule has 1 aromatic rings. The van der Waals surface area contributed by atoms with E-state index in [2.05, 4.69) is 14.5 Å². The standard InChI is InChI=1S/C12H15F3N2O6S/c1-21-11(6-22-7-11)9-4-8(5-10(17-9)16-2-3-18)23-24(19,20)12(13,14)15/h4-5,18H,2-3,6-7H2,1H3,(H,16,17). The maximum Gasteiger partial charge on any atom is 0.534 e. The van der Waals surface area contributed by atoms with E-state index in [4.69, 9.17) is 14.6 Å². The lowest BCUT2D eigenvalue weighted by molar-refractivity contribution is -0.204. The zero-order valence-corrected chi connectivity index (χ0v) is 13.3. The highest BCUT2D eigenvalue weighted by atomic mass is 32.2. The van der Waals surface area contributed by atoms with Crippen molar-refractivity contribution < 1.29 is 40.4 Å². The minimum absolute atomic E-state index is 0.0252. The van der Waals surface area contributed by atoms with Gasteiger partial charge in [-0.15, -0.1) is 0 Å². The second-order valence-corrected chi connectivity index (χ2v) is 6.44. The van der Waals surface area contributed by atoms with Gasteiger partial charge in [-0.3, -0.25) is 0 Å². The maximum absolute atomic E-state index is 12.5. The Hall–Kier alpha value is -1.63. The molecule has 12 heteroatoms. The number of pyridine rings is 1. The lowest BCUT2D eigenvalue weighted by Crippen LogP contribution is -2.49. The Kier molecular flexibility index (Phi) is 5.22. The second kappa shape index (κ2) is 6.70. The second-order valence-electron chi connectivity index (χ2n) is 4.90. The fourth-order valence-electron chi connectivity index (χ4n) is 1.89. The molecule has 1 saturated heterocycles. The first-order chi connectivity index (χ1) is 11.1. The largest absolute Gasteiger partial charge is 0.534 e. The summed E-state index contributed by atoms with van der Waals surface area (Å²) in [4.78, 5) is 4.14. The molecule has 0 spiro atoms. The number of alkyl halides is 3. The number of nitrogens with one attached hydrogen (secondary N) is 1. The number of anilines is 1. The van der Waals surface area contributed by atoms with Gasteiger partial charge >= 0.3 is 15.6 Å². The number of halogens is 3. The zero-order valence-electron chi connectivity index (χ0n) is 12.5. The minimum Gasteiger partial charge on any atom is -0.395 e. The number of nitrogens with zero attached hydrogens (tertiary/aromatic N) is 1. The van der Waals surface area contributed by atoms with Crippen LogP contribution in [0.5, 0.6) is 5.75 Å². The summed E-state index contributed by atoms with van der Waals surface area (Å²) in [5.41, 5.74) is -6.42. The van der Waals surface area contributed by atoms with Crippen molar-refractivity contribution in [2.75, 3.05) is 38.8 Å². The number of aliphatic hydroxyl groups excluding tert-OH is 1. The Labute approximate surface area is 135 Å². The number of rotatable bonds is 7. The number of ether oxygens (including phenoxy) is 2. The van der Waals surface area contributed by atoms with Crippen molar-refractivity contribution in [3.8, 4) is 5.75 Å². The summed E-state index contributed by atoms with van der Waals surface area (Å²) in [5, 5.41) is 11.4. The molecule has 2 rings (SSSR count). The Bertz CT molecular complexity index is 685.